The van der Waals surface area contributed by atoms with Crippen molar-refractivity contribution in [3.05, 3.63) is 47.9 Å². The number of hydrogen-bond acceptors (Lipinski definition) is 6. The van der Waals surface area contributed by atoms with Gasteiger partial charge in [0.2, 0.25) is 0 Å². The standard InChI is InChI=1S/C17H18F2N4O3S/c1-2-23(12-5-6-27(25,26)9-12)17(24)15-8-16(21-10-20-15)22-14-4-3-11(18)7-13(14)19/h3-4,7-8,10,12H,2,5-6,9H2,1H3,(H,20,21,22). The summed E-state index contributed by atoms with van der Waals surface area (Å²) in [5.74, 6) is -1.78. The van der Waals surface area contributed by atoms with Gasteiger partial charge in [-0.05, 0) is 25.5 Å². The molecule has 1 amide bonds. The van der Waals surface area contributed by atoms with Crippen molar-refractivity contribution in [2.45, 2.75) is 19.4 Å². The van der Waals surface area contributed by atoms with Crippen molar-refractivity contribution >= 4 is 27.2 Å². The Balaban J connectivity index is 1.80. The maximum Gasteiger partial charge on any atom is 0.272 e. The van der Waals surface area contributed by atoms with Gasteiger partial charge in [0, 0.05) is 24.7 Å². The molecule has 1 aliphatic rings. The SMILES string of the molecule is CCN(C(=O)c1cc(Nc2ccc(F)cc2F)ncn1)C1CCS(=O)(=O)C1. The lowest BCUT2D eigenvalue weighted by atomic mass is 10.2. The van der Waals surface area contributed by atoms with Gasteiger partial charge in [0.05, 0.1) is 17.2 Å². The van der Waals surface area contributed by atoms with Gasteiger partial charge in [0.25, 0.3) is 5.91 Å². The zero-order chi connectivity index (χ0) is 19.6. The molecule has 0 saturated carbocycles. The number of halogens is 2. The summed E-state index contributed by atoms with van der Waals surface area (Å²) in [5.41, 5.74) is 0.0592. The summed E-state index contributed by atoms with van der Waals surface area (Å²) in [4.78, 5) is 22.1. The molecule has 27 heavy (non-hydrogen) atoms. The highest BCUT2D eigenvalue weighted by atomic mass is 32.2. The van der Waals surface area contributed by atoms with Crippen LogP contribution in [0.1, 0.15) is 23.8 Å². The minimum atomic E-state index is -3.13. The molecule has 1 aromatic carbocycles. The largest absolute Gasteiger partial charge is 0.338 e. The van der Waals surface area contributed by atoms with Crippen LogP contribution in [0.3, 0.4) is 0 Å². The summed E-state index contributed by atoms with van der Waals surface area (Å²) < 4.78 is 50.2. The Hall–Kier alpha value is -2.62. The maximum absolute atomic E-state index is 13.8. The number of hydrogen-bond donors (Lipinski definition) is 1. The lowest BCUT2D eigenvalue weighted by molar-refractivity contribution is 0.0702. The Bertz CT molecular complexity index is 968. The number of anilines is 2. The van der Waals surface area contributed by atoms with E-state index in [1.165, 1.54) is 17.0 Å². The third-order valence-electron chi connectivity index (χ3n) is 4.33. The number of nitrogens with one attached hydrogen (secondary N) is 1. The molecule has 2 heterocycles. The van der Waals surface area contributed by atoms with Crippen LogP contribution < -0.4 is 5.32 Å². The average molecular weight is 396 g/mol. The van der Waals surface area contributed by atoms with Crippen molar-refractivity contribution in [1.29, 1.82) is 0 Å². The Morgan fingerprint density at radius 3 is 2.70 bits per heavy atom. The first kappa shape index (κ1) is 19.2. The van der Waals surface area contributed by atoms with Crippen molar-refractivity contribution in [2.24, 2.45) is 0 Å². The number of benzene rings is 1. The van der Waals surface area contributed by atoms with Crippen LogP contribution in [0.15, 0.2) is 30.6 Å². The molecule has 1 aliphatic heterocycles. The van der Waals surface area contributed by atoms with E-state index in [0.717, 1.165) is 18.5 Å². The number of amides is 1. The number of rotatable bonds is 5. The molecule has 10 heteroatoms. The minimum Gasteiger partial charge on any atom is -0.338 e. The van der Waals surface area contributed by atoms with E-state index in [1.807, 2.05) is 0 Å². The van der Waals surface area contributed by atoms with Crippen molar-refractivity contribution in [3.8, 4) is 0 Å². The van der Waals surface area contributed by atoms with Crippen LogP contribution in [-0.4, -0.2) is 53.3 Å². The van der Waals surface area contributed by atoms with Crippen LogP contribution >= 0.6 is 0 Å². The monoisotopic (exact) mass is 396 g/mol. The molecule has 1 saturated heterocycles. The summed E-state index contributed by atoms with van der Waals surface area (Å²) in [6, 6.07) is 3.99. The van der Waals surface area contributed by atoms with E-state index in [0.29, 0.717) is 13.0 Å². The second-order valence-electron chi connectivity index (χ2n) is 6.19. The molecule has 144 valence electrons. The van der Waals surface area contributed by atoms with E-state index in [9.17, 15) is 22.0 Å². The molecule has 3 rings (SSSR count). The van der Waals surface area contributed by atoms with Crippen LogP contribution in [0, 0.1) is 11.6 Å². The Kier molecular flexibility index (Phi) is 5.36. The van der Waals surface area contributed by atoms with Crippen LogP contribution in [0.2, 0.25) is 0 Å². The fourth-order valence-electron chi connectivity index (χ4n) is 3.01. The van der Waals surface area contributed by atoms with E-state index in [1.54, 1.807) is 6.92 Å². The first-order chi connectivity index (χ1) is 12.8. The summed E-state index contributed by atoms with van der Waals surface area (Å²) in [5, 5.41) is 2.67. The topological polar surface area (TPSA) is 92.3 Å². The van der Waals surface area contributed by atoms with Crippen LogP contribution in [0.5, 0.6) is 0 Å². The molecule has 1 N–H and O–H groups in total. The second-order valence-corrected chi connectivity index (χ2v) is 8.41. The van der Waals surface area contributed by atoms with Crippen molar-refractivity contribution in [2.75, 3.05) is 23.4 Å². The average Bonchev–Trinajstić information content (AvgIpc) is 2.98. The Labute approximate surface area is 155 Å². The van der Waals surface area contributed by atoms with E-state index in [4.69, 9.17) is 0 Å². The van der Waals surface area contributed by atoms with E-state index in [2.05, 4.69) is 15.3 Å². The molecule has 1 atom stereocenters. The molecule has 0 aliphatic carbocycles. The smallest absolute Gasteiger partial charge is 0.272 e. The third-order valence-corrected chi connectivity index (χ3v) is 6.08. The number of nitrogens with zero attached hydrogens (tertiary/aromatic N) is 3. The highest BCUT2D eigenvalue weighted by Gasteiger charge is 2.34. The molecule has 0 bridgehead atoms. The van der Waals surface area contributed by atoms with Gasteiger partial charge >= 0.3 is 0 Å². The van der Waals surface area contributed by atoms with Gasteiger partial charge in [0.15, 0.2) is 9.84 Å². The molecular formula is C17H18F2N4O3S. The fourth-order valence-corrected chi connectivity index (χ4v) is 4.74. The molecule has 0 spiro atoms. The number of carbonyl (C=O) groups excluding carboxylic acids is 1. The van der Waals surface area contributed by atoms with E-state index < -0.39 is 33.4 Å². The summed E-state index contributed by atoms with van der Waals surface area (Å²) in [7, 11) is -3.13. The van der Waals surface area contributed by atoms with E-state index in [-0.39, 0.29) is 28.7 Å². The zero-order valence-electron chi connectivity index (χ0n) is 14.5. The molecular weight excluding hydrogens is 378 g/mol. The number of sulfone groups is 1. The predicted octanol–water partition coefficient (Wildman–Crippen LogP) is 2.15. The predicted molar refractivity (Wildman–Crippen MR) is 95.4 cm³/mol. The molecule has 0 radical (unpaired) electrons. The Morgan fingerprint density at radius 2 is 2.07 bits per heavy atom. The van der Waals surface area contributed by atoms with E-state index >= 15 is 0 Å². The third kappa shape index (κ3) is 4.38. The number of carbonyl (C=O) groups is 1. The highest BCUT2D eigenvalue weighted by Crippen LogP contribution is 2.22. The van der Waals surface area contributed by atoms with Gasteiger partial charge in [-0.15, -0.1) is 0 Å². The maximum atomic E-state index is 13.8. The van der Waals surface area contributed by atoms with Gasteiger partial charge in [-0.3, -0.25) is 4.79 Å². The first-order valence-electron chi connectivity index (χ1n) is 8.34. The molecule has 1 fully saturated rings. The van der Waals surface area contributed by atoms with Gasteiger partial charge < -0.3 is 10.2 Å². The van der Waals surface area contributed by atoms with Gasteiger partial charge in [0.1, 0.15) is 29.5 Å². The molecule has 1 aromatic heterocycles. The quantitative estimate of drug-likeness (QED) is 0.833. The fraction of sp³-hybridized carbons (Fsp3) is 0.353. The van der Waals surface area contributed by atoms with Crippen molar-refractivity contribution in [3.63, 3.8) is 0 Å². The van der Waals surface area contributed by atoms with Crippen molar-refractivity contribution < 1.29 is 22.0 Å². The normalized spacial score (nSPS) is 18.3. The molecule has 2 aromatic rings. The lowest BCUT2D eigenvalue weighted by Gasteiger charge is -2.26. The Morgan fingerprint density at radius 1 is 1.30 bits per heavy atom. The molecule has 1 unspecified atom stereocenters. The summed E-state index contributed by atoms with van der Waals surface area (Å²) in [6.07, 6.45) is 1.54. The number of aromatic nitrogens is 2. The van der Waals surface area contributed by atoms with Crippen molar-refractivity contribution in [1.82, 2.24) is 14.9 Å². The zero-order valence-corrected chi connectivity index (χ0v) is 15.3. The van der Waals surface area contributed by atoms with Crippen LogP contribution in [-0.2, 0) is 9.84 Å². The summed E-state index contributed by atoms with van der Waals surface area (Å²) in [6.45, 7) is 2.09. The van der Waals surface area contributed by atoms with Gasteiger partial charge in [-0.1, -0.05) is 0 Å². The first-order valence-corrected chi connectivity index (χ1v) is 10.2. The minimum absolute atomic E-state index is 0.00253. The van der Waals surface area contributed by atoms with Gasteiger partial charge in [-0.2, -0.15) is 0 Å². The van der Waals surface area contributed by atoms with Crippen LogP contribution in [0.25, 0.3) is 0 Å². The van der Waals surface area contributed by atoms with Gasteiger partial charge in [-0.25, -0.2) is 27.2 Å². The van der Waals surface area contributed by atoms with Crippen LogP contribution in [0.4, 0.5) is 20.3 Å². The molecule has 7 nitrogen and oxygen atoms in total. The lowest BCUT2D eigenvalue weighted by Crippen LogP contribution is -2.41. The summed E-state index contributed by atoms with van der Waals surface area (Å²) >= 11 is 0. The second kappa shape index (κ2) is 7.55. The highest BCUT2D eigenvalue weighted by molar-refractivity contribution is 7.91.